The Hall–Kier alpha value is -2.48. The smallest absolute Gasteiger partial charge is 0.318 e. The van der Waals surface area contributed by atoms with Gasteiger partial charge in [0.2, 0.25) is 0 Å². The van der Waals surface area contributed by atoms with Crippen LogP contribution in [0.2, 0.25) is 0 Å². The summed E-state index contributed by atoms with van der Waals surface area (Å²) in [5.74, 6) is -1.52. The summed E-state index contributed by atoms with van der Waals surface area (Å²) in [4.78, 5) is 39.0. The molecule has 3 amide bonds. The molecule has 0 unspecified atom stereocenters. The van der Waals surface area contributed by atoms with Crippen LogP contribution in [0.5, 0.6) is 0 Å². The molecule has 0 radical (unpaired) electrons. The quantitative estimate of drug-likeness (QED) is 0.775. The summed E-state index contributed by atoms with van der Waals surface area (Å²) in [6.45, 7) is 3.43. The van der Waals surface area contributed by atoms with Gasteiger partial charge < -0.3 is 10.5 Å². The molecular weight excluding hydrogens is 330 g/mol. The van der Waals surface area contributed by atoms with Gasteiger partial charge in [-0.05, 0) is 18.1 Å². The molecule has 0 aliphatic carbocycles. The van der Waals surface area contributed by atoms with Crippen molar-refractivity contribution in [3.05, 3.63) is 29.3 Å². The highest BCUT2D eigenvalue weighted by Gasteiger charge is 2.27. The third-order valence-corrected chi connectivity index (χ3v) is 4.35. The van der Waals surface area contributed by atoms with Gasteiger partial charge in [-0.1, -0.05) is 26.0 Å². The molecule has 0 aliphatic rings. The van der Waals surface area contributed by atoms with Crippen molar-refractivity contribution in [1.29, 1.82) is 0 Å². The number of hydrogen-bond acceptors (Lipinski definition) is 6. The Morgan fingerprint density at radius 3 is 2.62 bits per heavy atom. The van der Waals surface area contributed by atoms with Gasteiger partial charge in [0.15, 0.2) is 6.10 Å². The summed E-state index contributed by atoms with van der Waals surface area (Å²) in [6, 6.07) is 6.75. The van der Waals surface area contributed by atoms with Gasteiger partial charge >= 0.3 is 12.0 Å². The molecule has 0 fully saturated rings. The molecule has 2 rings (SSSR count). The number of nitrogens with zero attached hydrogens (tertiary/aromatic N) is 1. The van der Waals surface area contributed by atoms with Crippen molar-refractivity contribution in [2.75, 3.05) is 0 Å². The van der Waals surface area contributed by atoms with Crippen LogP contribution in [0.4, 0.5) is 4.79 Å². The molecule has 0 saturated carbocycles. The van der Waals surface area contributed by atoms with Crippen molar-refractivity contribution in [3.63, 3.8) is 0 Å². The number of hydrogen-bond donors (Lipinski definition) is 2. The predicted octanol–water partition coefficient (Wildman–Crippen LogP) is 1.99. The van der Waals surface area contributed by atoms with E-state index >= 15 is 0 Å². The normalized spacial score (nSPS) is 12.1. The maximum Gasteiger partial charge on any atom is 0.318 e. The average molecular weight is 349 g/mol. The lowest BCUT2D eigenvalue weighted by Crippen LogP contribution is -2.45. The van der Waals surface area contributed by atoms with Crippen LogP contribution < -0.4 is 11.1 Å². The molecular formula is C16H19N3O4S. The summed E-state index contributed by atoms with van der Waals surface area (Å²) in [7, 11) is 0. The fourth-order valence-electron chi connectivity index (χ4n) is 2.12. The Morgan fingerprint density at radius 1 is 1.29 bits per heavy atom. The molecule has 8 heteroatoms. The first-order chi connectivity index (χ1) is 11.4. The third-order valence-electron chi connectivity index (χ3n) is 3.25. The lowest BCUT2D eigenvalue weighted by molar-refractivity contribution is -0.158. The van der Waals surface area contributed by atoms with E-state index in [2.05, 4.69) is 4.98 Å². The lowest BCUT2D eigenvalue weighted by atomic mass is 10.1. The van der Waals surface area contributed by atoms with Gasteiger partial charge in [-0.3, -0.25) is 14.9 Å². The third kappa shape index (κ3) is 4.76. The van der Waals surface area contributed by atoms with Crippen molar-refractivity contribution in [2.45, 2.75) is 32.8 Å². The largest absolute Gasteiger partial charge is 0.452 e. The number of nitrogens with one attached hydrogen (secondary N) is 1. The molecule has 7 nitrogen and oxygen atoms in total. The van der Waals surface area contributed by atoms with Gasteiger partial charge in [-0.2, -0.15) is 0 Å². The molecule has 1 aromatic heterocycles. The van der Waals surface area contributed by atoms with Gasteiger partial charge in [0.25, 0.3) is 5.91 Å². The Labute approximate surface area is 143 Å². The summed E-state index contributed by atoms with van der Waals surface area (Å²) in [5.41, 5.74) is 5.81. The predicted molar refractivity (Wildman–Crippen MR) is 90.4 cm³/mol. The topological polar surface area (TPSA) is 111 Å². The first kappa shape index (κ1) is 17.9. The van der Waals surface area contributed by atoms with Crippen molar-refractivity contribution >= 4 is 39.5 Å². The molecule has 24 heavy (non-hydrogen) atoms. The van der Waals surface area contributed by atoms with Crippen LogP contribution in [0.15, 0.2) is 24.3 Å². The van der Waals surface area contributed by atoms with Gasteiger partial charge in [0.1, 0.15) is 0 Å². The van der Waals surface area contributed by atoms with Crippen molar-refractivity contribution in [2.24, 2.45) is 11.7 Å². The highest BCUT2D eigenvalue weighted by molar-refractivity contribution is 7.18. The minimum Gasteiger partial charge on any atom is -0.452 e. The maximum atomic E-state index is 12.0. The first-order valence-corrected chi connectivity index (χ1v) is 8.32. The number of urea groups is 1. The fraction of sp³-hybridized carbons (Fsp3) is 0.375. The number of aromatic nitrogens is 1. The van der Waals surface area contributed by atoms with Crippen LogP contribution in [0.3, 0.4) is 0 Å². The summed E-state index contributed by atoms with van der Waals surface area (Å²) >= 11 is 1.52. The highest BCUT2D eigenvalue weighted by Crippen LogP contribution is 2.22. The standard InChI is InChI=1S/C16H19N3O4S/c1-9(2)14(15(21)19-16(17)22)23-13(20)8-7-12-18-10-5-3-4-6-11(10)24-12/h3-6,9,14H,7-8H2,1-2H3,(H3,17,19,21,22)/t14-/m1/s1. The van der Waals surface area contributed by atoms with Crippen LogP contribution in [-0.2, 0) is 20.7 Å². The van der Waals surface area contributed by atoms with E-state index in [0.29, 0.717) is 6.42 Å². The van der Waals surface area contributed by atoms with Crippen LogP contribution in [-0.4, -0.2) is 29.0 Å². The Bertz CT molecular complexity index is 724. The number of esters is 1. The minimum atomic E-state index is -1.06. The molecule has 0 spiro atoms. The number of fused-ring (bicyclic) bond motifs is 1. The molecule has 3 N–H and O–H groups in total. The Kier molecular flexibility index (Phi) is 5.86. The zero-order chi connectivity index (χ0) is 17.7. The molecule has 128 valence electrons. The van der Waals surface area contributed by atoms with Crippen LogP contribution in [0.1, 0.15) is 25.3 Å². The van der Waals surface area contributed by atoms with E-state index < -0.39 is 24.0 Å². The number of aryl methyl sites for hydroxylation is 1. The summed E-state index contributed by atoms with van der Waals surface area (Å²) in [5, 5.41) is 2.76. The first-order valence-electron chi connectivity index (χ1n) is 7.51. The Balaban J connectivity index is 1.93. The summed E-state index contributed by atoms with van der Waals surface area (Å²) < 4.78 is 6.25. The van der Waals surface area contributed by atoms with E-state index in [1.807, 2.05) is 29.6 Å². The van der Waals surface area contributed by atoms with Gasteiger partial charge in [-0.15, -0.1) is 11.3 Å². The van der Waals surface area contributed by atoms with Crippen molar-refractivity contribution in [3.8, 4) is 0 Å². The zero-order valence-electron chi connectivity index (χ0n) is 13.4. The Morgan fingerprint density at radius 2 is 2.00 bits per heavy atom. The number of imide groups is 1. The van der Waals surface area contributed by atoms with Crippen molar-refractivity contribution in [1.82, 2.24) is 10.3 Å². The summed E-state index contributed by atoms with van der Waals surface area (Å²) in [6.07, 6.45) is -0.520. The molecule has 1 atom stereocenters. The van der Waals surface area contributed by atoms with Gasteiger partial charge in [-0.25, -0.2) is 9.78 Å². The average Bonchev–Trinajstić information content (AvgIpc) is 2.92. The molecule has 0 saturated heterocycles. The maximum absolute atomic E-state index is 12.0. The number of primary amides is 1. The molecule has 0 aliphatic heterocycles. The monoisotopic (exact) mass is 349 g/mol. The van der Waals surface area contributed by atoms with E-state index in [4.69, 9.17) is 10.5 Å². The lowest BCUT2D eigenvalue weighted by Gasteiger charge is -2.19. The van der Waals surface area contributed by atoms with E-state index in [1.54, 1.807) is 13.8 Å². The SMILES string of the molecule is CC(C)[C@@H](OC(=O)CCc1nc2ccccc2s1)C(=O)NC(N)=O. The number of nitrogens with two attached hydrogens (primary N) is 1. The van der Waals surface area contributed by atoms with Crippen molar-refractivity contribution < 1.29 is 19.1 Å². The number of benzene rings is 1. The highest BCUT2D eigenvalue weighted by atomic mass is 32.1. The van der Waals surface area contributed by atoms with Crippen LogP contribution >= 0.6 is 11.3 Å². The molecule has 0 bridgehead atoms. The van der Waals surface area contributed by atoms with E-state index in [0.717, 1.165) is 15.2 Å². The van der Waals surface area contributed by atoms with Crippen LogP contribution in [0, 0.1) is 5.92 Å². The molecule has 2 aromatic rings. The van der Waals surface area contributed by atoms with Gasteiger partial charge in [0, 0.05) is 6.42 Å². The number of carbonyl (C=O) groups is 3. The minimum absolute atomic E-state index is 0.104. The van der Waals surface area contributed by atoms with E-state index in [1.165, 1.54) is 11.3 Å². The second kappa shape index (κ2) is 7.87. The number of para-hydroxylation sites is 1. The van der Waals surface area contributed by atoms with Crippen LogP contribution in [0.25, 0.3) is 10.2 Å². The zero-order valence-corrected chi connectivity index (χ0v) is 14.3. The van der Waals surface area contributed by atoms with E-state index in [-0.39, 0.29) is 12.3 Å². The number of rotatable bonds is 6. The number of thiazole rings is 1. The molecule has 1 aromatic carbocycles. The number of amides is 3. The number of carbonyl (C=O) groups excluding carboxylic acids is 3. The second-order valence-corrected chi connectivity index (χ2v) is 6.70. The number of ether oxygens (including phenoxy) is 1. The second-order valence-electron chi connectivity index (χ2n) is 5.58. The molecule has 1 heterocycles. The van der Waals surface area contributed by atoms with Gasteiger partial charge in [0.05, 0.1) is 21.6 Å². The fourth-order valence-corrected chi connectivity index (χ4v) is 3.09. The van der Waals surface area contributed by atoms with E-state index in [9.17, 15) is 14.4 Å².